The lowest BCUT2D eigenvalue weighted by atomic mass is 10.0. The van der Waals surface area contributed by atoms with Crippen molar-refractivity contribution in [1.82, 2.24) is 0 Å². The molecule has 7 aromatic carbocycles. The van der Waals surface area contributed by atoms with Crippen molar-refractivity contribution in [3.05, 3.63) is 176 Å². The maximum atomic E-state index is 9.36. The van der Waals surface area contributed by atoms with Crippen LogP contribution in [0.25, 0.3) is 55.3 Å². The van der Waals surface area contributed by atoms with Gasteiger partial charge in [-0.15, -0.1) is 0 Å². The molecule has 0 aliphatic heterocycles. The Labute approximate surface area is 273 Å². The zero-order valence-electron chi connectivity index (χ0n) is 35.2. The second-order valence-electron chi connectivity index (χ2n) is 10.0. The van der Waals surface area contributed by atoms with E-state index in [0.29, 0.717) is 27.9 Å². The molecule has 0 bridgehead atoms. The molecule has 0 spiro atoms. The number of hydrogen-bond donors (Lipinski definition) is 0. The van der Waals surface area contributed by atoms with Crippen LogP contribution >= 0.6 is 0 Å². The molecule has 0 N–H and O–H groups in total. The van der Waals surface area contributed by atoms with Crippen LogP contribution in [0.5, 0.6) is 0 Å². The van der Waals surface area contributed by atoms with Crippen LogP contribution in [0.3, 0.4) is 0 Å². The number of nitrogens with zero attached hydrogens (tertiary/aromatic N) is 1. The van der Waals surface area contributed by atoms with Crippen LogP contribution in [-0.2, 0) is 0 Å². The monoisotopic (exact) mass is 575 g/mol. The van der Waals surface area contributed by atoms with Gasteiger partial charge in [0.05, 0.1) is 16.4 Å². The van der Waals surface area contributed by atoms with Crippen molar-refractivity contribution < 1.29 is 20.9 Å². The summed E-state index contributed by atoms with van der Waals surface area (Å²) < 4.78 is 116. The van der Waals surface area contributed by atoms with Crippen LogP contribution in [0.15, 0.2) is 180 Å². The number of benzene rings is 7. The molecule has 0 saturated carbocycles. The molecule has 0 saturated heterocycles. The van der Waals surface area contributed by atoms with E-state index in [1.165, 1.54) is 0 Å². The van der Waals surface area contributed by atoms with Crippen LogP contribution in [0.2, 0.25) is 0 Å². The Morgan fingerprint density at radius 3 is 1.32 bits per heavy atom. The first-order valence-corrected chi connectivity index (χ1v) is 14.0. The lowest BCUT2D eigenvalue weighted by Crippen LogP contribution is -2.09. The molecule has 44 heavy (non-hydrogen) atoms. The van der Waals surface area contributed by atoms with Crippen LogP contribution in [0.1, 0.15) is 16.4 Å². The van der Waals surface area contributed by atoms with E-state index >= 15 is 0 Å². The van der Waals surface area contributed by atoms with Crippen molar-refractivity contribution >= 4 is 39.0 Å². The van der Waals surface area contributed by atoms with Gasteiger partial charge < -0.3 is 9.32 Å². The molecule has 1 aromatic heterocycles. The minimum absolute atomic E-state index is 0.0424. The topological polar surface area (TPSA) is 16.4 Å². The molecule has 8 aromatic rings. The van der Waals surface area contributed by atoms with Gasteiger partial charge in [0.2, 0.25) is 0 Å². The number of hydrogen-bond acceptors (Lipinski definition) is 2. The quantitative estimate of drug-likeness (QED) is 0.196. The molecule has 1 heterocycles. The second-order valence-corrected chi connectivity index (χ2v) is 10.0. The number of fused-ring (bicyclic) bond motifs is 3. The van der Waals surface area contributed by atoms with Gasteiger partial charge in [-0.05, 0) is 87.8 Å². The van der Waals surface area contributed by atoms with Crippen molar-refractivity contribution in [3.63, 3.8) is 0 Å². The minimum Gasteiger partial charge on any atom is -0.456 e. The molecular formula is C42H29NO. The molecule has 2 nitrogen and oxygen atoms in total. The predicted octanol–water partition coefficient (Wildman–Crippen LogP) is 12.1. The molecular weight excluding hydrogens is 534 g/mol. The Morgan fingerprint density at radius 1 is 0.364 bits per heavy atom. The first-order valence-electron chi connectivity index (χ1n) is 20.0. The zero-order valence-corrected chi connectivity index (χ0v) is 23.2. The van der Waals surface area contributed by atoms with E-state index in [0.717, 1.165) is 15.7 Å². The fourth-order valence-corrected chi connectivity index (χ4v) is 5.11. The summed E-state index contributed by atoms with van der Waals surface area (Å²) in [6.07, 6.45) is 0. The number of para-hydroxylation sites is 1. The highest BCUT2D eigenvalue weighted by molar-refractivity contribution is 6.05. The van der Waals surface area contributed by atoms with E-state index < -0.39 is 89.6 Å². The average molecular weight is 576 g/mol. The fourth-order valence-electron chi connectivity index (χ4n) is 5.11. The third kappa shape index (κ3) is 4.83. The Morgan fingerprint density at radius 2 is 0.795 bits per heavy atom. The zero-order chi connectivity index (χ0) is 39.7. The molecule has 8 rings (SSSR count). The Balaban J connectivity index is 1.44. The summed E-state index contributed by atoms with van der Waals surface area (Å²) in [5.74, 6) is 0. The Kier molecular flexibility index (Phi) is 4.06. The van der Waals surface area contributed by atoms with Crippen molar-refractivity contribution in [2.24, 2.45) is 0 Å². The summed E-state index contributed by atoms with van der Waals surface area (Å²) in [5.41, 5.74) is 0.229. The largest absolute Gasteiger partial charge is 0.456 e. The molecule has 0 aliphatic carbocycles. The molecule has 0 aliphatic rings. The molecule has 0 amide bonds. The smallest absolute Gasteiger partial charge is 0.136 e. The Bertz CT molecular complexity index is 2700. The van der Waals surface area contributed by atoms with E-state index in [1.54, 1.807) is 78.9 Å². The first-order chi connectivity index (χ1) is 26.8. The summed E-state index contributed by atoms with van der Waals surface area (Å²) in [4.78, 5) is 0.817. The molecule has 0 unspecified atom stereocenters. The normalized spacial score (nSPS) is 15.0. The van der Waals surface area contributed by atoms with Crippen LogP contribution in [0.4, 0.5) is 17.1 Å². The fraction of sp³-hybridized carbons (Fsp3) is 0. The van der Waals surface area contributed by atoms with Crippen molar-refractivity contribution in [2.45, 2.75) is 0 Å². The van der Waals surface area contributed by atoms with Gasteiger partial charge in [-0.2, -0.15) is 0 Å². The van der Waals surface area contributed by atoms with Crippen molar-refractivity contribution in [2.75, 3.05) is 4.90 Å². The molecule has 208 valence electrons. The van der Waals surface area contributed by atoms with E-state index in [-0.39, 0.29) is 16.7 Å². The van der Waals surface area contributed by atoms with Gasteiger partial charge in [-0.3, -0.25) is 0 Å². The lowest BCUT2D eigenvalue weighted by molar-refractivity contribution is 0.669. The van der Waals surface area contributed by atoms with E-state index in [1.807, 2.05) is 24.3 Å². The average Bonchev–Trinajstić information content (AvgIpc) is 3.58. The van der Waals surface area contributed by atoms with Crippen LogP contribution in [-0.4, -0.2) is 0 Å². The molecule has 0 atom stereocenters. The third-order valence-electron chi connectivity index (χ3n) is 7.30. The summed E-state index contributed by atoms with van der Waals surface area (Å²) in [5, 5.41) is 1.64. The summed E-state index contributed by atoms with van der Waals surface area (Å²) in [6, 6.07) is 22.0. The lowest BCUT2D eigenvalue weighted by Gasteiger charge is -2.26. The number of anilines is 3. The highest BCUT2D eigenvalue weighted by atomic mass is 16.3. The van der Waals surface area contributed by atoms with Crippen molar-refractivity contribution in [1.29, 1.82) is 0 Å². The van der Waals surface area contributed by atoms with Crippen molar-refractivity contribution in [3.8, 4) is 33.4 Å². The van der Waals surface area contributed by atoms with Gasteiger partial charge in [0.25, 0.3) is 0 Å². The third-order valence-corrected chi connectivity index (χ3v) is 7.30. The van der Waals surface area contributed by atoms with Gasteiger partial charge in [-0.1, -0.05) is 121 Å². The van der Waals surface area contributed by atoms with Gasteiger partial charge >= 0.3 is 0 Å². The SMILES string of the molecule is [2H]c1c([2H])c(N(c2c([2H])c([2H])c(-c3ccccc3)c([2H])c2[2H])c2c([2H])c([2H])c(-c3ccc4c(c3)oc3ccccc34)c([2H])c2[2H])c([2H])c([2H])c1-c1ccccc1. The summed E-state index contributed by atoms with van der Waals surface area (Å²) in [6.45, 7) is 0. The maximum Gasteiger partial charge on any atom is 0.136 e. The van der Waals surface area contributed by atoms with Gasteiger partial charge in [0.1, 0.15) is 11.2 Å². The standard InChI is InChI=1S/C42H29NO/c1-3-9-30(10-4-1)32-15-22-36(23-16-32)43(37-24-17-33(18-25-37)31-11-5-2-6-12-31)38-26-19-34(20-27-38)35-21-28-40-39-13-7-8-14-41(39)44-42(40)29-35/h1-29H/i15D,16D,17D,18D,19D,20D,22D,23D,24D,25D,26D,27D. The maximum absolute atomic E-state index is 9.36. The number of furan rings is 1. The predicted molar refractivity (Wildman–Crippen MR) is 185 cm³/mol. The van der Waals surface area contributed by atoms with E-state index in [4.69, 9.17) is 9.90 Å². The highest BCUT2D eigenvalue weighted by Crippen LogP contribution is 2.38. The highest BCUT2D eigenvalue weighted by Gasteiger charge is 2.14. The van der Waals surface area contributed by atoms with E-state index in [9.17, 15) is 11.0 Å². The summed E-state index contributed by atoms with van der Waals surface area (Å²) in [7, 11) is 0. The molecule has 0 radical (unpaired) electrons. The molecule has 2 heteroatoms. The van der Waals surface area contributed by atoms with Gasteiger partial charge in [-0.25, -0.2) is 0 Å². The molecule has 0 fully saturated rings. The van der Waals surface area contributed by atoms with Crippen LogP contribution < -0.4 is 4.90 Å². The van der Waals surface area contributed by atoms with Crippen LogP contribution in [0, 0.1) is 0 Å². The first kappa shape index (κ1) is 16.1. The van der Waals surface area contributed by atoms with E-state index in [2.05, 4.69) is 0 Å². The van der Waals surface area contributed by atoms with Gasteiger partial charge in [0.15, 0.2) is 0 Å². The second kappa shape index (κ2) is 11.1. The number of rotatable bonds is 6. The van der Waals surface area contributed by atoms with Gasteiger partial charge in [0, 0.05) is 27.8 Å². The minimum atomic E-state index is -0.682. The Hall–Kier alpha value is -5.86. The summed E-state index contributed by atoms with van der Waals surface area (Å²) >= 11 is 0.